The van der Waals surface area contributed by atoms with Crippen LogP contribution in [0.2, 0.25) is 0 Å². The molecule has 1 saturated heterocycles. The number of fused-ring (bicyclic) bond motifs is 1. The summed E-state index contributed by atoms with van der Waals surface area (Å²) in [4.78, 5) is 13.3. The summed E-state index contributed by atoms with van der Waals surface area (Å²) in [5.41, 5.74) is 1.16. The van der Waals surface area contributed by atoms with Crippen molar-refractivity contribution in [1.82, 2.24) is 5.32 Å². The van der Waals surface area contributed by atoms with Crippen molar-refractivity contribution < 1.29 is 14.3 Å². The first kappa shape index (κ1) is 18.0. The van der Waals surface area contributed by atoms with Crippen molar-refractivity contribution in [2.75, 3.05) is 19.7 Å². The van der Waals surface area contributed by atoms with E-state index in [0.29, 0.717) is 23.7 Å². The van der Waals surface area contributed by atoms with Gasteiger partial charge < -0.3 is 14.8 Å². The van der Waals surface area contributed by atoms with Crippen LogP contribution in [0.25, 0.3) is 10.1 Å². The van der Waals surface area contributed by atoms with Gasteiger partial charge >= 0.3 is 5.97 Å². The highest BCUT2D eigenvalue weighted by molar-refractivity contribution is 7.21. The summed E-state index contributed by atoms with van der Waals surface area (Å²) in [5.74, 6) is 0.392. The molecular weight excluding hydrogens is 358 g/mol. The molecule has 27 heavy (non-hydrogen) atoms. The Morgan fingerprint density at radius 1 is 1.04 bits per heavy atom. The smallest absolute Gasteiger partial charge is 0.352 e. The van der Waals surface area contributed by atoms with Crippen LogP contribution in [-0.2, 0) is 11.2 Å². The van der Waals surface area contributed by atoms with Gasteiger partial charge in [0.1, 0.15) is 6.10 Å². The van der Waals surface area contributed by atoms with E-state index in [1.165, 1.54) is 11.3 Å². The quantitative estimate of drug-likeness (QED) is 0.642. The van der Waals surface area contributed by atoms with E-state index >= 15 is 0 Å². The molecule has 4 rings (SSSR count). The van der Waals surface area contributed by atoms with Crippen LogP contribution in [0, 0.1) is 0 Å². The van der Waals surface area contributed by atoms with Crippen molar-refractivity contribution in [2.24, 2.45) is 0 Å². The van der Waals surface area contributed by atoms with Crippen LogP contribution in [-0.4, -0.2) is 31.8 Å². The molecule has 0 saturated carbocycles. The molecule has 0 bridgehead atoms. The van der Waals surface area contributed by atoms with Gasteiger partial charge in [-0.2, -0.15) is 0 Å². The number of benzene rings is 2. The molecule has 0 atom stereocenters. The molecule has 3 aromatic rings. The number of nitrogens with one attached hydrogen (secondary N) is 1. The van der Waals surface area contributed by atoms with Crippen LogP contribution in [0.4, 0.5) is 0 Å². The van der Waals surface area contributed by atoms with Crippen molar-refractivity contribution in [3.05, 3.63) is 65.0 Å². The maximum absolute atomic E-state index is 12.8. The highest BCUT2D eigenvalue weighted by Crippen LogP contribution is 2.39. The van der Waals surface area contributed by atoms with Crippen LogP contribution in [0.5, 0.6) is 5.75 Å². The van der Waals surface area contributed by atoms with E-state index in [1.54, 1.807) is 0 Å². The number of carbonyl (C=O) groups is 1. The average molecular weight is 381 g/mol. The van der Waals surface area contributed by atoms with Gasteiger partial charge in [-0.05, 0) is 43.6 Å². The summed E-state index contributed by atoms with van der Waals surface area (Å²) in [5, 5.41) is 4.34. The van der Waals surface area contributed by atoms with Crippen molar-refractivity contribution in [3.63, 3.8) is 0 Å². The molecule has 2 heterocycles. The molecule has 0 unspecified atom stereocenters. The average Bonchev–Trinajstić information content (AvgIpc) is 3.08. The summed E-state index contributed by atoms with van der Waals surface area (Å²) in [7, 11) is 0. The number of ether oxygens (including phenoxy) is 2. The molecular formula is C22H23NO3S. The zero-order chi connectivity index (χ0) is 18.5. The van der Waals surface area contributed by atoms with Crippen molar-refractivity contribution in [1.29, 1.82) is 0 Å². The lowest BCUT2D eigenvalue weighted by molar-refractivity contribution is 0.0507. The second kappa shape index (κ2) is 8.55. The highest BCUT2D eigenvalue weighted by atomic mass is 32.1. The predicted octanol–water partition coefficient (Wildman–Crippen LogP) is 4.43. The van der Waals surface area contributed by atoms with E-state index in [9.17, 15) is 4.79 Å². The van der Waals surface area contributed by atoms with E-state index in [1.807, 2.05) is 54.6 Å². The summed E-state index contributed by atoms with van der Waals surface area (Å²) in [6, 6.07) is 18.1. The Bertz CT molecular complexity index is 900. The van der Waals surface area contributed by atoms with Gasteiger partial charge in [-0.25, -0.2) is 4.79 Å². The molecule has 0 amide bonds. The number of thiophene rings is 1. The molecule has 2 aromatic carbocycles. The van der Waals surface area contributed by atoms with Crippen LogP contribution in [0.1, 0.15) is 28.1 Å². The summed E-state index contributed by atoms with van der Waals surface area (Å²) in [6.45, 7) is 2.26. The molecule has 4 nitrogen and oxygen atoms in total. The minimum atomic E-state index is -0.295. The number of piperidine rings is 1. The van der Waals surface area contributed by atoms with Gasteiger partial charge in [0.2, 0.25) is 0 Å². The van der Waals surface area contributed by atoms with Gasteiger partial charge in [0.15, 0.2) is 10.6 Å². The first-order valence-corrected chi connectivity index (χ1v) is 10.2. The lowest BCUT2D eigenvalue weighted by atomic mass is 10.1. The van der Waals surface area contributed by atoms with E-state index < -0.39 is 0 Å². The van der Waals surface area contributed by atoms with Gasteiger partial charge in [0.05, 0.1) is 6.61 Å². The van der Waals surface area contributed by atoms with Gasteiger partial charge in [0.25, 0.3) is 0 Å². The van der Waals surface area contributed by atoms with Gasteiger partial charge in [-0.3, -0.25) is 0 Å². The lowest BCUT2D eigenvalue weighted by Crippen LogP contribution is -2.34. The Morgan fingerprint density at radius 3 is 2.59 bits per heavy atom. The van der Waals surface area contributed by atoms with Crippen LogP contribution in [0.3, 0.4) is 0 Å². The lowest BCUT2D eigenvalue weighted by Gasteiger charge is -2.24. The predicted molar refractivity (Wildman–Crippen MR) is 109 cm³/mol. The number of hydrogen-bond donors (Lipinski definition) is 1. The molecule has 1 aliphatic rings. The third-order valence-electron chi connectivity index (χ3n) is 4.77. The molecule has 1 N–H and O–H groups in total. The minimum absolute atomic E-state index is 0.139. The fourth-order valence-electron chi connectivity index (χ4n) is 3.32. The normalized spacial score (nSPS) is 15.0. The third kappa shape index (κ3) is 4.31. The van der Waals surface area contributed by atoms with Crippen molar-refractivity contribution in [3.8, 4) is 5.75 Å². The summed E-state index contributed by atoms with van der Waals surface area (Å²) < 4.78 is 12.9. The Morgan fingerprint density at radius 2 is 1.78 bits per heavy atom. The van der Waals surface area contributed by atoms with Gasteiger partial charge in [0, 0.05) is 16.5 Å². The van der Waals surface area contributed by atoms with E-state index in [0.717, 1.165) is 41.6 Å². The zero-order valence-corrected chi connectivity index (χ0v) is 16.0. The number of esters is 1. The Balaban J connectivity index is 1.50. The largest absolute Gasteiger partial charge is 0.488 e. The molecule has 140 valence electrons. The topological polar surface area (TPSA) is 47.6 Å². The fourth-order valence-corrected chi connectivity index (χ4v) is 4.36. The monoisotopic (exact) mass is 381 g/mol. The molecule has 0 radical (unpaired) electrons. The number of carbonyl (C=O) groups excluding carboxylic acids is 1. The molecule has 1 aliphatic heterocycles. The third-order valence-corrected chi connectivity index (χ3v) is 5.90. The zero-order valence-electron chi connectivity index (χ0n) is 15.1. The first-order chi connectivity index (χ1) is 13.3. The fraction of sp³-hybridized carbons (Fsp3) is 0.318. The second-order valence-electron chi connectivity index (χ2n) is 6.70. The molecule has 1 aromatic heterocycles. The van der Waals surface area contributed by atoms with Crippen molar-refractivity contribution in [2.45, 2.75) is 25.4 Å². The highest BCUT2D eigenvalue weighted by Gasteiger charge is 2.24. The molecule has 5 heteroatoms. The molecule has 1 fully saturated rings. The molecule has 0 spiro atoms. The Hall–Kier alpha value is -2.37. The SMILES string of the molecule is O=C(OCCc1ccccc1)c1sc2ccccc2c1OC1CCNCC1. The maximum Gasteiger partial charge on any atom is 0.352 e. The summed E-state index contributed by atoms with van der Waals surface area (Å²) in [6.07, 6.45) is 2.75. The minimum Gasteiger partial charge on any atom is -0.488 e. The standard InChI is InChI=1S/C22H23NO3S/c24-22(25-15-12-16-6-2-1-3-7-16)21-20(26-17-10-13-23-14-11-17)18-8-4-5-9-19(18)27-21/h1-9,17,23H,10-15H2. The van der Waals surface area contributed by atoms with Crippen LogP contribution in [0.15, 0.2) is 54.6 Å². The van der Waals surface area contributed by atoms with E-state index in [4.69, 9.17) is 9.47 Å². The van der Waals surface area contributed by atoms with Gasteiger partial charge in [-0.1, -0.05) is 42.5 Å². The second-order valence-corrected chi connectivity index (χ2v) is 7.75. The van der Waals surface area contributed by atoms with Crippen LogP contribution >= 0.6 is 11.3 Å². The maximum atomic E-state index is 12.8. The Labute approximate surface area is 163 Å². The van der Waals surface area contributed by atoms with E-state index in [2.05, 4.69) is 5.32 Å². The summed E-state index contributed by atoms with van der Waals surface area (Å²) >= 11 is 1.45. The Kier molecular flexibility index (Phi) is 5.70. The number of rotatable bonds is 6. The van der Waals surface area contributed by atoms with E-state index in [-0.39, 0.29) is 12.1 Å². The molecule has 0 aliphatic carbocycles. The van der Waals surface area contributed by atoms with Crippen LogP contribution < -0.4 is 10.1 Å². The number of hydrogen-bond acceptors (Lipinski definition) is 5. The van der Waals surface area contributed by atoms with Crippen molar-refractivity contribution >= 4 is 27.4 Å². The first-order valence-electron chi connectivity index (χ1n) is 9.41. The van der Waals surface area contributed by atoms with Gasteiger partial charge in [-0.15, -0.1) is 11.3 Å².